The predicted molar refractivity (Wildman–Crippen MR) is 157 cm³/mol. The average molecular weight is 552 g/mol. The van der Waals surface area contributed by atoms with E-state index in [-0.39, 0.29) is 12.4 Å². The molecule has 39 heavy (non-hydrogen) atoms. The Morgan fingerprint density at radius 3 is 2.15 bits per heavy atom. The van der Waals surface area contributed by atoms with Crippen LogP contribution in [0.3, 0.4) is 0 Å². The molecule has 0 unspecified atom stereocenters. The molecule has 1 aromatic heterocycles. The Kier molecular flexibility index (Phi) is 8.19. The van der Waals surface area contributed by atoms with Crippen LogP contribution in [0.15, 0.2) is 36.4 Å². The third-order valence-corrected chi connectivity index (χ3v) is 8.93. The lowest BCUT2D eigenvalue weighted by atomic mass is 9.81. The second-order valence-electron chi connectivity index (χ2n) is 11.2. The van der Waals surface area contributed by atoms with Crippen LogP contribution in [-0.2, 0) is 6.54 Å². The van der Waals surface area contributed by atoms with Crippen molar-refractivity contribution in [1.29, 1.82) is 0 Å². The van der Waals surface area contributed by atoms with Crippen LogP contribution in [0.2, 0.25) is 0 Å². The standard InChI is InChI=1S/C31H37N3O4.ClH/c35-30(36)22-10-12-25-26(19-22)33(16-15-32-13-5-2-6-14-32)17-18-34-27-20-23(31(37)38)9-11-24(27)28(29(25)34)21-7-3-1-4-8-21;/h9-12,19-21H,1-8,13-18H2,(H,35,36)(H,37,38);1H. The van der Waals surface area contributed by atoms with E-state index in [1.54, 1.807) is 12.1 Å². The van der Waals surface area contributed by atoms with E-state index in [4.69, 9.17) is 0 Å². The number of carboxylic acids is 2. The zero-order valence-electron chi connectivity index (χ0n) is 22.4. The van der Waals surface area contributed by atoms with Gasteiger partial charge in [0.2, 0.25) is 0 Å². The maximum absolute atomic E-state index is 12.0. The molecular formula is C31H38ClN3O4. The Bertz CT molecular complexity index is 1370. The maximum Gasteiger partial charge on any atom is 0.335 e. The smallest absolute Gasteiger partial charge is 0.335 e. The molecule has 6 rings (SSSR count). The van der Waals surface area contributed by atoms with Gasteiger partial charge in [-0.2, -0.15) is 0 Å². The van der Waals surface area contributed by atoms with Gasteiger partial charge in [-0.3, -0.25) is 0 Å². The number of anilines is 1. The number of nitrogens with zero attached hydrogens (tertiary/aromatic N) is 3. The number of benzene rings is 2. The molecule has 7 nitrogen and oxygen atoms in total. The van der Waals surface area contributed by atoms with Crippen LogP contribution < -0.4 is 4.90 Å². The molecule has 8 heteroatoms. The van der Waals surface area contributed by atoms with Crippen molar-refractivity contribution in [1.82, 2.24) is 9.47 Å². The molecule has 2 fully saturated rings. The van der Waals surface area contributed by atoms with Crippen LogP contribution in [0.4, 0.5) is 5.69 Å². The molecule has 0 spiro atoms. The minimum atomic E-state index is -0.912. The molecule has 2 N–H and O–H groups in total. The molecule has 1 saturated carbocycles. The summed E-state index contributed by atoms with van der Waals surface area (Å²) in [6.07, 6.45) is 9.73. The second kappa shape index (κ2) is 11.6. The van der Waals surface area contributed by atoms with Gasteiger partial charge in [0, 0.05) is 48.3 Å². The number of aromatic carboxylic acids is 2. The van der Waals surface area contributed by atoms with Crippen molar-refractivity contribution in [2.45, 2.75) is 63.8 Å². The SMILES string of the molecule is Cl.O=C(O)c1ccc2c(c1)N(CCN1CCCCC1)CCn1c-2c(C2CCCCC2)c2ccc(C(=O)O)cc21. The number of piperidine rings is 1. The topological polar surface area (TPSA) is 86.0 Å². The molecule has 0 atom stereocenters. The Morgan fingerprint density at radius 2 is 1.44 bits per heavy atom. The lowest BCUT2D eigenvalue weighted by Gasteiger charge is -2.31. The number of aromatic nitrogens is 1. The van der Waals surface area contributed by atoms with Crippen molar-refractivity contribution in [2.75, 3.05) is 37.6 Å². The van der Waals surface area contributed by atoms with E-state index < -0.39 is 11.9 Å². The number of hydrogen-bond donors (Lipinski definition) is 2. The molecule has 3 heterocycles. The Morgan fingerprint density at radius 1 is 0.769 bits per heavy atom. The van der Waals surface area contributed by atoms with Crippen LogP contribution in [0.5, 0.6) is 0 Å². The zero-order chi connectivity index (χ0) is 26.2. The van der Waals surface area contributed by atoms with Gasteiger partial charge >= 0.3 is 11.9 Å². The van der Waals surface area contributed by atoms with Crippen molar-refractivity contribution in [2.24, 2.45) is 0 Å². The first kappa shape index (κ1) is 27.5. The number of likely N-dealkylation sites (tertiary alicyclic amines) is 1. The summed E-state index contributed by atoms with van der Waals surface area (Å²) in [5, 5.41) is 20.7. The summed E-state index contributed by atoms with van der Waals surface area (Å²) in [5.41, 5.74) is 6.12. The monoisotopic (exact) mass is 551 g/mol. The summed E-state index contributed by atoms with van der Waals surface area (Å²) in [5.74, 6) is -1.40. The van der Waals surface area contributed by atoms with Gasteiger partial charge in [0.05, 0.1) is 16.8 Å². The van der Waals surface area contributed by atoms with E-state index in [1.807, 2.05) is 24.3 Å². The molecule has 2 aliphatic heterocycles. The van der Waals surface area contributed by atoms with Crippen LogP contribution in [0, 0.1) is 0 Å². The lowest BCUT2D eigenvalue weighted by molar-refractivity contribution is 0.0686. The molecule has 0 bridgehead atoms. The summed E-state index contributed by atoms with van der Waals surface area (Å²) in [6, 6.07) is 11.1. The summed E-state index contributed by atoms with van der Waals surface area (Å²) in [7, 11) is 0. The first-order valence-electron chi connectivity index (χ1n) is 14.3. The number of carboxylic acid groups (broad SMARTS) is 2. The molecule has 2 aromatic carbocycles. The zero-order valence-corrected chi connectivity index (χ0v) is 23.2. The number of hydrogen-bond acceptors (Lipinski definition) is 4. The van der Waals surface area contributed by atoms with E-state index in [1.165, 1.54) is 44.1 Å². The molecular weight excluding hydrogens is 514 g/mol. The van der Waals surface area contributed by atoms with Gasteiger partial charge in [0.1, 0.15) is 0 Å². The van der Waals surface area contributed by atoms with Gasteiger partial charge in [-0.1, -0.05) is 31.7 Å². The van der Waals surface area contributed by atoms with Gasteiger partial charge in [-0.25, -0.2) is 9.59 Å². The van der Waals surface area contributed by atoms with Crippen LogP contribution >= 0.6 is 12.4 Å². The Hall–Kier alpha value is -3.03. The summed E-state index contributed by atoms with van der Waals surface area (Å²) in [4.78, 5) is 28.8. The largest absolute Gasteiger partial charge is 0.478 e. The normalized spacial score (nSPS) is 18.2. The van der Waals surface area contributed by atoms with E-state index in [0.29, 0.717) is 17.0 Å². The fourth-order valence-electron chi connectivity index (χ4n) is 6.98. The van der Waals surface area contributed by atoms with Gasteiger partial charge in [-0.05, 0) is 80.6 Å². The predicted octanol–water partition coefficient (Wildman–Crippen LogP) is 6.48. The Labute approximate surface area is 235 Å². The van der Waals surface area contributed by atoms with Crippen molar-refractivity contribution < 1.29 is 19.8 Å². The van der Waals surface area contributed by atoms with Crippen molar-refractivity contribution in [3.8, 4) is 11.3 Å². The van der Waals surface area contributed by atoms with Crippen molar-refractivity contribution in [3.05, 3.63) is 53.1 Å². The van der Waals surface area contributed by atoms with Crippen LogP contribution in [0.25, 0.3) is 22.2 Å². The lowest BCUT2D eigenvalue weighted by Crippen LogP contribution is -2.38. The molecule has 3 aliphatic rings. The average Bonchev–Trinajstić information content (AvgIpc) is 3.18. The second-order valence-corrected chi connectivity index (χ2v) is 11.2. The number of carbonyl (C=O) groups is 2. The van der Waals surface area contributed by atoms with Gasteiger partial charge in [0.15, 0.2) is 0 Å². The quantitative estimate of drug-likeness (QED) is 0.364. The van der Waals surface area contributed by atoms with E-state index >= 15 is 0 Å². The first-order chi connectivity index (χ1) is 18.5. The molecule has 0 amide bonds. The highest BCUT2D eigenvalue weighted by atomic mass is 35.5. The molecule has 1 saturated heterocycles. The minimum Gasteiger partial charge on any atom is -0.478 e. The van der Waals surface area contributed by atoms with Crippen molar-refractivity contribution >= 4 is 40.9 Å². The first-order valence-corrected chi connectivity index (χ1v) is 14.3. The van der Waals surface area contributed by atoms with Gasteiger partial charge in [-0.15, -0.1) is 12.4 Å². The van der Waals surface area contributed by atoms with Crippen LogP contribution in [-0.4, -0.2) is 64.3 Å². The van der Waals surface area contributed by atoms with Crippen LogP contribution in [0.1, 0.15) is 83.6 Å². The highest BCUT2D eigenvalue weighted by Crippen LogP contribution is 2.47. The number of halogens is 1. The highest BCUT2D eigenvalue weighted by molar-refractivity contribution is 6.00. The van der Waals surface area contributed by atoms with E-state index in [2.05, 4.69) is 14.4 Å². The minimum absolute atomic E-state index is 0. The summed E-state index contributed by atoms with van der Waals surface area (Å²) >= 11 is 0. The fraction of sp³-hybridized carbons (Fsp3) is 0.484. The summed E-state index contributed by atoms with van der Waals surface area (Å²) in [6.45, 7) is 5.55. The van der Waals surface area contributed by atoms with E-state index in [9.17, 15) is 19.8 Å². The summed E-state index contributed by atoms with van der Waals surface area (Å²) < 4.78 is 2.33. The van der Waals surface area contributed by atoms with Crippen molar-refractivity contribution in [3.63, 3.8) is 0 Å². The number of rotatable bonds is 6. The molecule has 3 aromatic rings. The molecule has 208 valence electrons. The number of fused-ring (bicyclic) bond motifs is 5. The molecule has 1 aliphatic carbocycles. The Balaban J connectivity index is 0.00000308. The third-order valence-electron chi connectivity index (χ3n) is 8.93. The molecule has 0 radical (unpaired) electrons. The van der Waals surface area contributed by atoms with E-state index in [0.717, 1.165) is 80.0 Å². The third kappa shape index (κ3) is 5.27. The highest BCUT2D eigenvalue weighted by Gasteiger charge is 2.31. The maximum atomic E-state index is 12.0. The van der Waals surface area contributed by atoms with Gasteiger partial charge < -0.3 is 24.6 Å². The fourth-order valence-corrected chi connectivity index (χ4v) is 6.98. The van der Waals surface area contributed by atoms with Gasteiger partial charge in [0.25, 0.3) is 0 Å².